The molecule has 0 bridgehead atoms. The van der Waals surface area contributed by atoms with E-state index in [0.717, 1.165) is 21.8 Å². The van der Waals surface area contributed by atoms with Gasteiger partial charge in [0.05, 0.1) is 5.69 Å². The molecule has 1 fully saturated rings. The molecule has 0 aliphatic heterocycles. The van der Waals surface area contributed by atoms with Crippen molar-refractivity contribution in [3.8, 4) is 5.69 Å². The number of benzene rings is 1. The third-order valence-corrected chi connectivity index (χ3v) is 4.05. The number of hydrogen-bond donors (Lipinski definition) is 1. The van der Waals surface area contributed by atoms with Crippen molar-refractivity contribution in [2.24, 2.45) is 0 Å². The number of aryl methyl sites for hydroxylation is 2. The zero-order valence-electron chi connectivity index (χ0n) is 10.6. The van der Waals surface area contributed by atoms with Crippen LogP contribution in [0.1, 0.15) is 24.1 Å². The molecule has 94 valence electrons. The number of nitrogens with one attached hydrogen (secondary N) is 1. The summed E-state index contributed by atoms with van der Waals surface area (Å²) in [5.74, 6) is 0.955. The lowest BCUT2D eigenvalue weighted by Gasteiger charge is -2.10. The summed E-state index contributed by atoms with van der Waals surface area (Å²) in [6, 6.07) is 6.97. The Morgan fingerprint density at radius 1 is 1.33 bits per heavy atom. The molecule has 1 aromatic heterocycles. The lowest BCUT2D eigenvalue weighted by Crippen LogP contribution is -2.07. The molecule has 0 unspecified atom stereocenters. The molecule has 3 nitrogen and oxygen atoms in total. The second-order valence-electron chi connectivity index (χ2n) is 4.93. The maximum Gasteiger partial charge on any atom is 0.207 e. The van der Waals surface area contributed by atoms with Crippen molar-refractivity contribution in [1.29, 1.82) is 0 Å². The maximum absolute atomic E-state index is 4.56. The molecule has 1 aliphatic carbocycles. The summed E-state index contributed by atoms with van der Waals surface area (Å²) < 4.78 is 3.27. The molecule has 4 heteroatoms. The quantitative estimate of drug-likeness (QED) is 0.934. The van der Waals surface area contributed by atoms with E-state index in [2.05, 4.69) is 62.1 Å². The smallest absolute Gasteiger partial charge is 0.207 e. The zero-order valence-corrected chi connectivity index (χ0v) is 12.2. The van der Waals surface area contributed by atoms with Gasteiger partial charge in [-0.1, -0.05) is 15.9 Å². The predicted octanol–water partition coefficient (Wildman–Crippen LogP) is 3.83. The Balaban J connectivity index is 2.00. The van der Waals surface area contributed by atoms with Gasteiger partial charge < -0.3 is 5.32 Å². The molecule has 0 amide bonds. The largest absolute Gasteiger partial charge is 0.353 e. The van der Waals surface area contributed by atoms with Crippen LogP contribution in [0.4, 0.5) is 5.95 Å². The lowest BCUT2D eigenvalue weighted by molar-refractivity contribution is 1.000. The van der Waals surface area contributed by atoms with E-state index in [9.17, 15) is 0 Å². The molecule has 3 rings (SSSR count). The number of imidazole rings is 1. The Morgan fingerprint density at radius 3 is 2.78 bits per heavy atom. The van der Waals surface area contributed by atoms with Crippen molar-refractivity contribution in [1.82, 2.24) is 9.55 Å². The number of anilines is 1. The van der Waals surface area contributed by atoms with Crippen LogP contribution in [-0.2, 0) is 0 Å². The van der Waals surface area contributed by atoms with Crippen LogP contribution in [0.3, 0.4) is 0 Å². The fraction of sp³-hybridized carbons (Fsp3) is 0.357. The van der Waals surface area contributed by atoms with Crippen molar-refractivity contribution in [3.05, 3.63) is 40.1 Å². The Kier molecular flexibility index (Phi) is 2.90. The summed E-state index contributed by atoms with van der Waals surface area (Å²) in [5.41, 5.74) is 3.43. The van der Waals surface area contributed by atoms with E-state index in [-0.39, 0.29) is 0 Å². The van der Waals surface area contributed by atoms with Crippen molar-refractivity contribution < 1.29 is 0 Å². The highest BCUT2D eigenvalue weighted by Gasteiger charge is 2.23. The summed E-state index contributed by atoms with van der Waals surface area (Å²) in [5, 5.41) is 3.48. The molecule has 18 heavy (non-hydrogen) atoms. The van der Waals surface area contributed by atoms with E-state index in [4.69, 9.17) is 0 Å². The van der Waals surface area contributed by atoms with Gasteiger partial charge in [0, 0.05) is 22.4 Å². The average Bonchev–Trinajstić information content (AvgIpc) is 3.06. The fourth-order valence-electron chi connectivity index (χ4n) is 1.99. The normalized spacial score (nSPS) is 14.8. The van der Waals surface area contributed by atoms with Gasteiger partial charge >= 0.3 is 0 Å². The van der Waals surface area contributed by atoms with Crippen molar-refractivity contribution in [2.75, 3.05) is 5.32 Å². The highest BCUT2D eigenvalue weighted by Crippen LogP contribution is 2.27. The first-order chi connectivity index (χ1) is 8.63. The Bertz CT molecular complexity index is 585. The molecule has 0 spiro atoms. The predicted molar refractivity (Wildman–Crippen MR) is 77.4 cm³/mol. The maximum atomic E-state index is 4.56. The van der Waals surface area contributed by atoms with Crippen LogP contribution < -0.4 is 5.32 Å². The summed E-state index contributed by atoms with van der Waals surface area (Å²) >= 11 is 3.54. The number of hydrogen-bond acceptors (Lipinski definition) is 2. The topological polar surface area (TPSA) is 29.9 Å². The summed E-state index contributed by atoms with van der Waals surface area (Å²) in [7, 11) is 0. The van der Waals surface area contributed by atoms with Crippen LogP contribution in [0, 0.1) is 13.8 Å². The van der Waals surface area contributed by atoms with E-state index < -0.39 is 0 Å². The Hall–Kier alpha value is -1.29. The molecule has 1 N–H and O–H groups in total. The van der Waals surface area contributed by atoms with Crippen LogP contribution in [-0.4, -0.2) is 15.6 Å². The molecule has 0 radical (unpaired) electrons. The molecular weight excluding hydrogens is 290 g/mol. The number of halogens is 1. The first kappa shape index (κ1) is 11.8. The molecule has 0 atom stereocenters. The van der Waals surface area contributed by atoms with Crippen molar-refractivity contribution in [3.63, 3.8) is 0 Å². The van der Waals surface area contributed by atoms with Gasteiger partial charge in [0.15, 0.2) is 0 Å². The Morgan fingerprint density at radius 2 is 2.11 bits per heavy atom. The van der Waals surface area contributed by atoms with E-state index in [1.807, 2.05) is 6.92 Å². The third-order valence-electron chi connectivity index (χ3n) is 3.16. The summed E-state index contributed by atoms with van der Waals surface area (Å²) in [4.78, 5) is 4.56. The van der Waals surface area contributed by atoms with Gasteiger partial charge in [-0.05, 0) is 50.5 Å². The van der Waals surface area contributed by atoms with Gasteiger partial charge in [0.1, 0.15) is 0 Å². The molecule has 1 heterocycles. The van der Waals surface area contributed by atoms with Crippen molar-refractivity contribution >= 4 is 21.9 Å². The molecule has 1 saturated carbocycles. The standard InChI is InChI=1S/C14H16BrN3/c1-9-7-12(5-6-13(9)15)18-8-10(2)16-14(18)17-11-3-4-11/h5-8,11H,3-4H2,1-2H3,(H,16,17). The SMILES string of the molecule is Cc1cn(-c2ccc(Br)c(C)c2)c(NC2CC2)n1. The number of nitrogens with zero attached hydrogens (tertiary/aromatic N) is 2. The van der Waals surface area contributed by atoms with Gasteiger partial charge in [-0.15, -0.1) is 0 Å². The zero-order chi connectivity index (χ0) is 12.7. The van der Waals surface area contributed by atoms with Crippen LogP contribution in [0.5, 0.6) is 0 Å². The van der Waals surface area contributed by atoms with Crippen LogP contribution >= 0.6 is 15.9 Å². The summed E-state index contributed by atoms with van der Waals surface area (Å²) in [6.45, 7) is 4.13. The minimum absolute atomic E-state index is 0.613. The first-order valence-electron chi connectivity index (χ1n) is 6.22. The van der Waals surface area contributed by atoms with E-state index in [0.29, 0.717) is 6.04 Å². The molecule has 0 saturated heterocycles. The van der Waals surface area contributed by atoms with Gasteiger partial charge in [-0.2, -0.15) is 0 Å². The molecular formula is C14H16BrN3. The second-order valence-corrected chi connectivity index (χ2v) is 5.78. The van der Waals surface area contributed by atoms with Gasteiger partial charge in [-0.3, -0.25) is 4.57 Å². The van der Waals surface area contributed by atoms with E-state index in [1.54, 1.807) is 0 Å². The van der Waals surface area contributed by atoms with Gasteiger partial charge in [0.2, 0.25) is 5.95 Å². The fourth-order valence-corrected chi connectivity index (χ4v) is 2.23. The summed E-state index contributed by atoms with van der Waals surface area (Å²) in [6.07, 6.45) is 4.59. The lowest BCUT2D eigenvalue weighted by atomic mass is 10.2. The average molecular weight is 306 g/mol. The number of aromatic nitrogens is 2. The molecule has 1 aromatic carbocycles. The van der Waals surface area contributed by atoms with Crippen LogP contribution in [0.2, 0.25) is 0 Å². The van der Waals surface area contributed by atoms with E-state index >= 15 is 0 Å². The molecule has 1 aliphatic rings. The van der Waals surface area contributed by atoms with Crippen LogP contribution in [0.15, 0.2) is 28.9 Å². The van der Waals surface area contributed by atoms with E-state index in [1.165, 1.54) is 18.4 Å². The van der Waals surface area contributed by atoms with Gasteiger partial charge in [0.25, 0.3) is 0 Å². The number of rotatable bonds is 3. The highest BCUT2D eigenvalue weighted by atomic mass is 79.9. The first-order valence-corrected chi connectivity index (χ1v) is 7.02. The monoisotopic (exact) mass is 305 g/mol. The van der Waals surface area contributed by atoms with Crippen LogP contribution in [0.25, 0.3) is 5.69 Å². The Labute approximate surface area is 115 Å². The molecule has 2 aromatic rings. The van der Waals surface area contributed by atoms with Gasteiger partial charge in [-0.25, -0.2) is 4.98 Å². The minimum Gasteiger partial charge on any atom is -0.353 e. The van der Waals surface area contributed by atoms with Crippen molar-refractivity contribution in [2.45, 2.75) is 32.7 Å². The second kappa shape index (κ2) is 4.43. The highest BCUT2D eigenvalue weighted by molar-refractivity contribution is 9.10. The minimum atomic E-state index is 0.613. The third kappa shape index (κ3) is 2.29.